The molecule has 0 N–H and O–H groups in total. The smallest absolute Gasteiger partial charge is 0.142 e. The van der Waals surface area contributed by atoms with Gasteiger partial charge in [-0.15, -0.1) is 0 Å². The fourth-order valence-electron chi connectivity index (χ4n) is 12.3. The molecule has 0 heterocycles. The molecule has 5 rings (SSSR count). The van der Waals surface area contributed by atoms with Crippen molar-refractivity contribution in [3.05, 3.63) is 127 Å². The molecule has 0 saturated carbocycles. The third-order valence-corrected chi connectivity index (χ3v) is 38.8. The van der Waals surface area contributed by atoms with Gasteiger partial charge in [0.15, 0.2) is 0 Å². The maximum Gasteiger partial charge on any atom is 0.142 e. The number of hydrogen-bond donors (Lipinski definition) is 0. The van der Waals surface area contributed by atoms with Gasteiger partial charge in [-0.2, -0.15) is 0 Å². The molecule has 5 aromatic rings. The minimum absolute atomic E-state index is 0.952. The molecule has 0 saturated heterocycles. The van der Waals surface area contributed by atoms with Gasteiger partial charge in [-0.3, -0.25) is 0 Å². The number of rotatable bonds is 38. The first-order valence-electron chi connectivity index (χ1n) is 30.6. The summed E-state index contributed by atoms with van der Waals surface area (Å²) in [5, 5.41) is 10.8. The maximum atomic E-state index is 6.49. The number of benzene rings is 5. The first-order valence-corrected chi connectivity index (χ1v) is 41.1. The number of ether oxygens (including phenoxy) is 1. The molecule has 0 spiro atoms. The number of hydrogen-bond acceptors (Lipinski definition) is 2. The van der Waals surface area contributed by atoms with E-state index in [2.05, 4.69) is 194 Å². The molecule has 406 valence electrons. The number of nitrogens with zero attached hydrogens (tertiary/aromatic N) is 1. The van der Waals surface area contributed by atoms with Crippen LogP contribution in [-0.4, -0.2) is 31.3 Å². The number of unbranched alkanes of at least 4 members (excludes halogenated alkanes) is 9. The van der Waals surface area contributed by atoms with Crippen molar-refractivity contribution in [2.24, 2.45) is 0 Å². The summed E-state index contributed by atoms with van der Waals surface area (Å²) in [6.07, 6.45) is 23.7. The lowest BCUT2D eigenvalue weighted by atomic mass is 10.3. The van der Waals surface area contributed by atoms with Crippen molar-refractivity contribution in [2.75, 3.05) is 11.6 Å². The number of methoxy groups -OCH3 is 1. The Morgan fingerprint density at radius 2 is 0.554 bits per heavy atom. The van der Waals surface area contributed by atoms with Gasteiger partial charge in [0, 0.05) is 21.2 Å². The highest BCUT2D eigenvalue weighted by Gasteiger charge is 2.39. The van der Waals surface area contributed by atoms with Crippen LogP contribution >= 0.6 is 16.1 Å². The van der Waals surface area contributed by atoms with Gasteiger partial charge >= 0.3 is 0 Å². The second-order valence-electron chi connectivity index (χ2n) is 22.3. The fraction of sp³-hybridized carbons (Fsp3) is 0.552. The molecule has 1 unspecified atom stereocenters. The highest BCUT2D eigenvalue weighted by molar-refractivity contribution is 7.90. The van der Waals surface area contributed by atoms with Gasteiger partial charge in [-0.1, -0.05) is 363 Å². The standard InChI is InChI=1S/C67H105NOP2Si3/c1-11-20-50-72(51-21-12-2,52-22-13-3)63-44-38-60(39-45-63)70(59-34-30-29-31-35-59)68(66-36-32-33-37-67(66)69-10)71(61-40-46-64(47-41-61)73(53-23-14-4,54-24-15-5)55-25-16-6)62-42-48-65(49-43-62)74(56-26-17-7,57-27-18-8)58-28-19-9/h29-49H,11-28,50-58H2,1-10H3. The van der Waals surface area contributed by atoms with Gasteiger partial charge in [0.1, 0.15) is 5.75 Å². The Morgan fingerprint density at radius 3 is 0.811 bits per heavy atom. The van der Waals surface area contributed by atoms with Crippen LogP contribution < -0.4 is 46.0 Å². The van der Waals surface area contributed by atoms with E-state index in [1.54, 1.807) is 15.6 Å². The quantitative estimate of drug-likeness (QED) is 0.0289. The summed E-state index contributed by atoms with van der Waals surface area (Å²) in [4.78, 5) is 0. The minimum atomic E-state index is -1.73. The Balaban J connectivity index is 1.86. The van der Waals surface area contributed by atoms with E-state index >= 15 is 0 Å². The third-order valence-electron chi connectivity index (χ3n) is 16.9. The van der Waals surface area contributed by atoms with E-state index in [9.17, 15) is 0 Å². The molecule has 0 aliphatic heterocycles. The maximum absolute atomic E-state index is 6.49. The van der Waals surface area contributed by atoms with E-state index < -0.39 is 40.4 Å². The van der Waals surface area contributed by atoms with Crippen molar-refractivity contribution in [1.29, 1.82) is 0 Å². The average molecular weight is 1090 g/mol. The van der Waals surface area contributed by atoms with Crippen LogP contribution in [0.5, 0.6) is 5.75 Å². The molecule has 0 amide bonds. The molecule has 0 bridgehead atoms. The lowest BCUT2D eigenvalue weighted by Gasteiger charge is -2.42. The van der Waals surface area contributed by atoms with E-state index in [0.29, 0.717) is 0 Å². The fourth-order valence-corrected chi connectivity index (χ4v) is 35.0. The van der Waals surface area contributed by atoms with Crippen LogP contribution in [0.15, 0.2) is 127 Å². The van der Waals surface area contributed by atoms with Gasteiger partial charge in [-0.05, 0) is 12.1 Å². The molecule has 0 aliphatic rings. The van der Waals surface area contributed by atoms with E-state index in [4.69, 9.17) is 4.74 Å². The number of anilines is 1. The van der Waals surface area contributed by atoms with Crippen LogP contribution in [0.2, 0.25) is 54.4 Å². The first-order chi connectivity index (χ1) is 36.2. The zero-order valence-electron chi connectivity index (χ0n) is 49.0. The van der Waals surface area contributed by atoms with Crippen molar-refractivity contribution in [2.45, 2.75) is 232 Å². The van der Waals surface area contributed by atoms with E-state index in [0.717, 1.165) is 5.75 Å². The molecule has 0 aliphatic carbocycles. The first kappa shape index (κ1) is 62.1. The summed E-state index contributed by atoms with van der Waals surface area (Å²) >= 11 is 0. The van der Waals surface area contributed by atoms with Crippen molar-refractivity contribution in [3.8, 4) is 5.75 Å². The topological polar surface area (TPSA) is 12.5 Å². The minimum Gasteiger partial charge on any atom is -0.495 e. The van der Waals surface area contributed by atoms with Crippen molar-refractivity contribution in [3.63, 3.8) is 0 Å². The second kappa shape index (κ2) is 33.5. The Kier molecular flexibility index (Phi) is 28.1. The lowest BCUT2D eigenvalue weighted by Crippen LogP contribution is -2.48. The summed E-state index contributed by atoms with van der Waals surface area (Å²) < 4.78 is 9.41. The second-order valence-corrected chi connectivity index (χ2v) is 40.7. The van der Waals surface area contributed by atoms with Crippen LogP contribution in [-0.2, 0) is 0 Å². The van der Waals surface area contributed by atoms with Crippen molar-refractivity contribution < 1.29 is 4.74 Å². The zero-order valence-corrected chi connectivity index (χ0v) is 53.8. The highest BCUT2D eigenvalue weighted by atomic mass is 31.2. The largest absolute Gasteiger partial charge is 0.495 e. The Hall–Kier alpha value is -2.79. The summed E-state index contributed by atoms with van der Waals surface area (Å²) in [6, 6.07) is 65.0. The van der Waals surface area contributed by atoms with Crippen LogP contribution in [0.3, 0.4) is 0 Å². The molecular weight excluding hydrogens is 981 g/mol. The normalized spacial score (nSPS) is 12.6. The summed E-state index contributed by atoms with van der Waals surface area (Å²) in [5.41, 5.74) is 1.20. The summed E-state index contributed by atoms with van der Waals surface area (Å²) in [6.45, 7) is 21.6. The summed E-state index contributed by atoms with van der Waals surface area (Å²) in [5.74, 6) is 0.952. The molecule has 74 heavy (non-hydrogen) atoms. The lowest BCUT2D eigenvalue weighted by molar-refractivity contribution is 0.416. The van der Waals surface area contributed by atoms with Crippen molar-refractivity contribution in [1.82, 2.24) is 0 Å². The van der Waals surface area contributed by atoms with E-state index in [-0.39, 0.29) is 0 Å². The van der Waals surface area contributed by atoms with Gasteiger partial charge in [-0.25, -0.2) is 0 Å². The average Bonchev–Trinajstić information content (AvgIpc) is 3.45. The van der Waals surface area contributed by atoms with Crippen LogP contribution in [0.1, 0.15) is 178 Å². The number of para-hydroxylation sites is 2. The van der Waals surface area contributed by atoms with Gasteiger partial charge in [0.05, 0.1) is 53.2 Å². The van der Waals surface area contributed by atoms with Gasteiger partial charge < -0.3 is 9.18 Å². The zero-order chi connectivity index (χ0) is 53.1. The van der Waals surface area contributed by atoms with E-state index in [1.807, 2.05) is 7.11 Å². The molecule has 0 fully saturated rings. The molecule has 2 nitrogen and oxygen atoms in total. The van der Waals surface area contributed by atoms with Crippen LogP contribution in [0.25, 0.3) is 0 Å². The van der Waals surface area contributed by atoms with Gasteiger partial charge in [0.25, 0.3) is 0 Å². The van der Waals surface area contributed by atoms with Crippen LogP contribution in [0.4, 0.5) is 5.69 Å². The predicted molar refractivity (Wildman–Crippen MR) is 347 cm³/mol. The van der Waals surface area contributed by atoms with Crippen molar-refractivity contribution >= 4 is 82.8 Å². The molecule has 5 aromatic carbocycles. The Bertz CT molecular complexity index is 2110. The molecule has 7 heteroatoms. The highest BCUT2D eigenvalue weighted by Crippen LogP contribution is 2.59. The van der Waals surface area contributed by atoms with Crippen LogP contribution in [0, 0.1) is 0 Å². The SMILES string of the molecule is CCCC[Si](CCCC)(CCCC)c1ccc(P(c2ccccc2)N(c2ccccc2OC)P(c2ccc([Si](CCCC)(CCCC)CCCC)cc2)c2ccc([Si](CCCC)(CCCC)CCCC)cc2)cc1. The third kappa shape index (κ3) is 16.6. The van der Waals surface area contributed by atoms with E-state index in [1.165, 1.54) is 197 Å². The molecule has 0 radical (unpaired) electrons. The Labute approximate surface area is 461 Å². The molecule has 0 aromatic heterocycles. The van der Waals surface area contributed by atoms with Gasteiger partial charge in [0.2, 0.25) is 0 Å². The monoisotopic (exact) mass is 1090 g/mol. The predicted octanol–water partition coefficient (Wildman–Crippen LogP) is 18.8. The Morgan fingerprint density at radius 1 is 0.311 bits per heavy atom. The summed E-state index contributed by atoms with van der Waals surface area (Å²) in [7, 11) is -5.45. The molecular formula is C67H105NOP2Si3. The molecule has 1 atom stereocenters.